The molecule has 6 nitrogen and oxygen atoms in total. The first-order chi connectivity index (χ1) is 22.7. The molecule has 25 heteroatoms. The molecule has 0 N–H and O–H groups in total. The van der Waals surface area contributed by atoms with Crippen molar-refractivity contribution in [3.63, 3.8) is 0 Å². The van der Waals surface area contributed by atoms with E-state index in [0.29, 0.717) is 0 Å². The summed E-state index contributed by atoms with van der Waals surface area (Å²) in [5.41, 5.74) is 1.35. The molecule has 0 saturated carbocycles. The van der Waals surface area contributed by atoms with Crippen molar-refractivity contribution in [2.45, 2.75) is 55.9 Å². The van der Waals surface area contributed by atoms with Crippen molar-refractivity contribution in [3.8, 4) is 0 Å². The molecule has 51 heavy (non-hydrogen) atoms. The van der Waals surface area contributed by atoms with Gasteiger partial charge in [0.2, 0.25) is 0 Å². The Labute approximate surface area is 281 Å². The van der Waals surface area contributed by atoms with E-state index in [4.69, 9.17) is 0 Å². The molecular weight excluding hydrogens is 822 g/mol. The summed E-state index contributed by atoms with van der Waals surface area (Å²) < 4.78 is 249. The van der Waals surface area contributed by atoms with Gasteiger partial charge in [-0.05, 0) is 37.3 Å². The molecule has 0 bridgehead atoms. The molecule has 0 aliphatic rings. The Balaban J connectivity index is 0.000000383. The van der Waals surface area contributed by atoms with Crippen molar-refractivity contribution in [1.82, 2.24) is 0 Å². The molecule has 0 atom stereocenters. The van der Waals surface area contributed by atoms with Crippen molar-refractivity contribution < 1.29 is 91.1 Å². The number of sulfone groups is 3. The highest BCUT2D eigenvalue weighted by Gasteiger charge is 2.77. The Bertz CT molecular complexity index is 1820. The van der Waals surface area contributed by atoms with E-state index in [-0.39, 0.29) is 10.9 Å². The maximum Gasteiger partial charge on any atom is 0.466 e. The molecular formula is C26H17F15O6S4. The Morgan fingerprint density at radius 2 is 0.686 bits per heavy atom. The minimum atomic E-state index is -9.24. The Morgan fingerprint density at radius 3 is 0.941 bits per heavy atom. The van der Waals surface area contributed by atoms with E-state index in [0.717, 1.165) is 0 Å². The fraction of sp³-hybridized carbons (Fsp3) is 0.269. The fourth-order valence-electron chi connectivity index (χ4n) is 3.49. The summed E-state index contributed by atoms with van der Waals surface area (Å²) >= 11 is 0. The van der Waals surface area contributed by atoms with Crippen LogP contribution in [0.1, 0.15) is 5.56 Å². The zero-order valence-electron chi connectivity index (χ0n) is 24.3. The molecule has 0 amide bonds. The van der Waals surface area contributed by atoms with Crippen molar-refractivity contribution in [2.75, 3.05) is 0 Å². The lowest BCUT2D eigenvalue weighted by atomic mass is 10.2. The number of aryl methyl sites for hydroxylation is 1. The molecule has 0 heterocycles. The highest BCUT2D eigenvalue weighted by molar-refractivity contribution is 8.29. The summed E-state index contributed by atoms with van der Waals surface area (Å²) in [6.45, 7) is 2.20. The van der Waals surface area contributed by atoms with Crippen molar-refractivity contribution in [3.05, 3.63) is 94.4 Å². The monoisotopic (exact) mass is 838 g/mol. The van der Waals surface area contributed by atoms with Crippen LogP contribution in [0.4, 0.5) is 65.9 Å². The van der Waals surface area contributed by atoms with Crippen LogP contribution in [0.2, 0.25) is 0 Å². The zero-order valence-corrected chi connectivity index (χ0v) is 27.6. The first kappa shape index (κ1) is 44.0. The average Bonchev–Trinajstić information content (AvgIpc) is 2.97. The van der Waals surface area contributed by atoms with Crippen LogP contribution in [-0.2, 0) is 40.4 Å². The van der Waals surface area contributed by atoms with Gasteiger partial charge in [0.25, 0.3) is 0 Å². The molecule has 3 aromatic rings. The Hall–Kier alpha value is -3.19. The van der Waals surface area contributed by atoms with Crippen LogP contribution in [0.5, 0.6) is 0 Å². The van der Waals surface area contributed by atoms with Crippen molar-refractivity contribution in [2.24, 2.45) is 0 Å². The number of alkyl halides is 15. The van der Waals surface area contributed by atoms with Crippen molar-refractivity contribution >= 4 is 40.4 Å². The second-order valence-electron chi connectivity index (χ2n) is 9.50. The van der Waals surface area contributed by atoms with E-state index >= 15 is 0 Å². The molecule has 3 aromatic carbocycles. The number of halogens is 15. The minimum Gasteiger partial charge on any atom is -0.254 e. The van der Waals surface area contributed by atoms with E-state index < -0.39 is 67.7 Å². The van der Waals surface area contributed by atoms with Gasteiger partial charge in [0.15, 0.2) is 14.7 Å². The van der Waals surface area contributed by atoms with Gasteiger partial charge < -0.3 is 0 Å². The molecule has 0 saturated heterocycles. The summed E-state index contributed by atoms with van der Waals surface area (Å²) in [7, 11) is -27.7. The normalized spacial score (nSPS) is 14.3. The molecule has 0 spiro atoms. The molecule has 0 aliphatic heterocycles. The van der Waals surface area contributed by atoms with Gasteiger partial charge >= 0.3 is 34.3 Å². The lowest BCUT2D eigenvalue weighted by Gasteiger charge is -2.38. The van der Waals surface area contributed by atoms with Crippen LogP contribution < -0.4 is 0 Å². The topological polar surface area (TPSA) is 102 Å². The summed E-state index contributed by atoms with van der Waals surface area (Å²) in [4.78, 5) is 4.14. The first-order valence-electron chi connectivity index (χ1n) is 12.6. The van der Waals surface area contributed by atoms with Crippen LogP contribution in [0.25, 0.3) is 0 Å². The smallest absolute Gasteiger partial charge is 0.254 e. The average molecular weight is 839 g/mol. The van der Waals surface area contributed by atoms with Crippen LogP contribution in [0.3, 0.4) is 0 Å². The van der Waals surface area contributed by atoms with Crippen LogP contribution >= 0.6 is 0 Å². The van der Waals surface area contributed by atoms with Gasteiger partial charge in [0.1, 0.15) is 29.5 Å². The van der Waals surface area contributed by atoms with Crippen molar-refractivity contribution in [1.29, 1.82) is 0 Å². The van der Waals surface area contributed by atoms with Gasteiger partial charge in [-0.2, -0.15) is 65.9 Å². The number of benzene rings is 3. The lowest BCUT2D eigenvalue weighted by molar-refractivity contribution is -0.242. The summed E-state index contributed by atoms with van der Waals surface area (Å²) in [5.74, 6) is 0. The molecule has 0 unspecified atom stereocenters. The number of hydrogen-bond acceptors (Lipinski definition) is 6. The zero-order chi connectivity index (χ0) is 39.9. The number of hydrogen-bond donors (Lipinski definition) is 0. The largest absolute Gasteiger partial charge is 0.466 e. The predicted molar refractivity (Wildman–Crippen MR) is 149 cm³/mol. The number of rotatable bonds is 9. The van der Waals surface area contributed by atoms with Gasteiger partial charge in [-0.1, -0.05) is 54.6 Å². The third-order valence-electron chi connectivity index (χ3n) is 5.93. The molecule has 0 radical (unpaired) electrons. The molecule has 0 aromatic heterocycles. The molecule has 0 fully saturated rings. The molecule has 3 rings (SSSR count). The third kappa shape index (κ3) is 8.09. The summed E-state index contributed by atoms with van der Waals surface area (Å²) in [6.07, 6.45) is -23.4. The van der Waals surface area contributed by atoms with Gasteiger partial charge in [-0.25, -0.2) is 0 Å². The lowest BCUT2D eigenvalue weighted by Crippen LogP contribution is -2.58. The van der Waals surface area contributed by atoms with Gasteiger partial charge in [0.05, 0.1) is 14.8 Å². The maximum atomic E-state index is 13.1. The SMILES string of the molecule is Cc1ccccc1[S+](c1ccccc1)c1ccccc1.O=S(=O)([C-](S(=O)(=O)C(F)(F)C(F)(F)F)S(=O)(=O)C(F)(F)C(F)(F)F)C(F)(F)C(F)(F)F. The highest BCUT2D eigenvalue weighted by atomic mass is 32.3. The van der Waals surface area contributed by atoms with Gasteiger partial charge in [0, 0.05) is 5.56 Å². The quantitative estimate of drug-likeness (QED) is 0.122. The second-order valence-corrected chi connectivity index (χ2v) is 18.1. The Morgan fingerprint density at radius 1 is 0.431 bits per heavy atom. The Kier molecular flexibility index (Phi) is 12.4. The van der Waals surface area contributed by atoms with E-state index in [9.17, 15) is 91.1 Å². The summed E-state index contributed by atoms with van der Waals surface area (Å²) in [5, 5.41) is -24.2. The summed E-state index contributed by atoms with van der Waals surface area (Å²) in [6, 6.07) is 30.2. The van der Waals surface area contributed by atoms with Crippen LogP contribution in [0, 0.1) is 10.8 Å². The minimum absolute atomic E-state index is 0.0262. The van der Waals surface area contributed by atoms with E-state index in [1.165, 1.54) is 20.2 Å². The maximum absolute atomic E-state index is 13.1. The van der Waals surface area contributed by atoms with Crippen LogP contribution in [0.15, 0.2) is 99.6 Å². The van der Waals surface area contributed by atoms with E-state index in [2.05, 4.69) is 91.9 Å². The van der Waals surface area contributed by atoms with E-state index in [1.54, 1.807) is 0 Å². The predicted octanol–water partition coefficient (Wildman–Crippen LogP) is 8.23. The second kappa shape index (κ2) is 14.3. The van der Waals surface area contributed by atoms with E-state index in [1.807, 2.05) is 0 Å². The highest BCUT2D eigenvalue weighted by Crippen LogP contribution is 2.56. The first-order valence-corrected chi connectivity index (χ1v) is 18.2. The van der Waals surface area contributed by atoms with Gasteiger partial charge in [-0.15, -0.1) is 0 Å². The standard InChI is InChI=1S/C19H17S.C7F15O6S3/c1-16-10-8-9-15-19(16)20(17-11-4-2-5-12-17)18-13-6-3-7-14-18;8-2(9,10)5(17,18)29(23,24)1(30(25,26)6(19,20)3(11,12)13)31(27,28)7(21,22)4(14,15)16/h2-15H,1H3;/q+1;-1. The fourth-order valence-corrected chi connectivity index (χ4v) is 12.6. The van der Waals surface area contributed by atoms with Crippen LogP contribution in [-0.4, -0.2) is 59.5 Å². The van der Waals surface area contributed by atoms with Gasteiger partial charge in [-0.3, -0.25) is 25.3 Å². The molecule has 286 valence electrons. The third-order valence-corrected chi connectivity index (χ3v) is 16.3. The molecule has 0 aliphatic carbocycles.